The largest absolute Gasteiger partial charge is 0.507 e. The zero-order valence-corrected chi connectivity index (χ0v) is 27.7. The molecule has 248 valence electrons. The van der Waals surface area contributed by atoms with Crippen LogP contribution in [0.5, 0.6) is 5.75 Å². The number of hydrogen-bond acceptors (Lipinski definition) is 7. The first kappa shape index (κ1) is 30.8. The third kappa shape index (κ3) is 5.21. The van der Waals surface area contributed by atoms with E-state index >= 15 is 0 Å². The fourth-order valence-corrected chi connectivity index (χ4v) is 7.21. The summed E-state index contributed by atoms with van der Waals surface area (Å²) in [6, 6.07) is 19.7. The number of carbonyl (C=O) groups is 3. The Kier molecular flexibility index (Phi) is 7.07. The molecule has 0 aliphatic carbocycles. The number of benzene rings is 4. The van der Waals surface area contributed by atoms with E-state index in [-0.39, 0.29) is 23.5 Å². The highest BCUT2D eigenvalue weighted by Gasteiger charge is 2.36. The summed E-state index contributed by atoms with van der Waals surface area (Å²) in [5.41, 5.74) is 5.06. The van der Waals surface area contributed by atoms with E-state index < -0.39 is 17.6 Å². The maximum atomic E-state index is 14.0. The highest BCUT2D eigenvalue weighted by molar-refractivity contribution is 6.19. The molecule has 6 aromatic rings. The molecular weight excluding hydrogens is 646 g/mol. The number of aromatic amines is 1. The number of aromatic nitrogens is 2. The van der Waals surface area contributed by atoms with Gasteiger partial charge in [0, 0.05) is 64.7 Å². The maximum Gasteiger partial charge on any atom is 0.412 e. The number of amides is 3. The molecule has 0 unspecified atom stereocenters. The SMILES string of the molecule is CC(C)(C)OC(=O)Nc1ccc2nc(C(=O)N3CCc4c3ccc3[nH]c(C(=O)N5C[C@H](CCl)c6c5cc(O)c5ccccc65)cc43)oc2c1. The molecule has 2 aliphatic heterocycles. The summed E-state index contributed by atoms with van der Waals surface area (Å²) in [6.07, 6.45) is -0.0238. The van der Waals surface area contributed by atoms with Gasteiger partial charge in [-0.2, -0.15) is 0 Å². The zero-order valence-electron chi connectivity index (χ0n) is 27.0. The van der Waals surface area contributed by atoms with E-state index in [1.807, 2.05) is 42.5 Å². The quantitative estimate of drug-likeness (QED) is 0.162. The van der Waals surface area contributed by atoms with Gasteiger partial charge >= 0.3 is 12.0 Å². The van der Waals surface area contributed by atoms with Crippen LogP contribution in [0, 0.1) is 0 Å². The third-order valence-electron chi connectivity index (χ3n) is 9.03. The summed E-state index contributed by atoms with van der Waals surface area (Å²) in [5.74, 6) is -0.334. The third-order valence-corrected chi connectivity index (χ3v) is 9.41. The smallest absolute Gasteiger partial charge is 0.412 e. The number of alkyl halides is 1. The Labute approximate surface area is 285 Å². The lowest BCUT2D eigenvalue weighted by atomic mass is 9.95. The topological polar surface area (TPSA) is 141 Å². The summed E-state index contributed by atoms with van der Waals surface area (Å²) in [4.78, 5) is 51.0. The van der Waals surface area contributed by atoms with Crippen molar-refractivity contribution in [2.45, 2.75) is 38.7 Å². The Morgan fingerprint density at radius 1 is 1.00 bits per heavy atom. The van der Waals surface area contributed by atoms with E-state index in [4.69, 9.17) is 20.8 Å². The van der Waals surface area contributed by atoms with Crippen LogP contribution in [0.1, 0.15) is 59.0 Å². The summed E-state index contributed by atoms with van der Waals surface area (Å²) in [7, 11) is 0. The number of fused-ring (bicyclic) bond motifs is 7. The van der Waals surface area contributed by atoms with Crippen molar-refractivity contribution in [3.8, 4) is 5.75 Å². The van der Waals surface area contributed by atoms with Gasteiger partial charge in [-0.3, -0.25) is 14.9 Å². The fraction of sp³-hybridized carbons (Fsp3) is 0.243. The van der Waals surface area contributed by atoms with Crippen LogP contribution in [0.15, 0.2) is 71.1 Å². The van der Waals surface area contributed by atoms with E-state index in [2.05, 4.69) is 15.3 Å². The number of halogens is 1. The summed E-state index contributed by atoms with van der Waals surface area (Å²) >= 11 is 6.40. The predicted octanol–water partition coefficient (Wildman–Crippen LogP) is 7.70. The van der Waals surface area contributed by atoms with Gasteiger partial charge in [0.1, 0.15) is 22.6 Å². The molecule has 12 heteroatoms. The number of phenols is 1. The summed E-state index contributed by atoms with van der Waals surface area (Å²) in [6.45, 7) is 6.14. The van der Waals surface area contributed by atoms with E-state index in [1.165, 1.54) is 0 Å². The number of carbonyl (C=O) groups excluding carboxylic acids is 3. The fourth-order valence-electron chi connectivity index (χ4n) is 6.96. The molecule has 4 heterocycles. The van der Waals surface area contributed by atoms with Crippen LogP contribution in [0.3, 0.4) is 0 Å². The monoisotopic (exact) mass is 677 g/mol. The number of phenolic OH excluding ortho intramolecular Hbond substituents is 1. The van der Waals surface area contributed by atoms with Gasteiger partial charge in [-0.05, 0) is 74.0 Å². The molecule has 11 nitrogen and oxygen atoms in total. The van der Waals surface area contributed by atoms with Crippen molar-refractivity contribution < 1.29 is 28.6 Å². The number of anilines is 3. The van der Waals surface area contributed by atoms with E-state index in [1.54, 1.807) is 54.8 Å². The van der Waals surface area contributed by atoms with Gasteiger partial charge < -0.3 is 29.0 Å². The average Bonchev–Trinajstić information content (AvgIpc) is 3.86. The molecule has 0 saturated carbocycles. The lowest BCUT2D eigenvalue weighted by Gasteiger charge is -2.19. The van der Waals surface area contributed by atoms with Gasteiger partial charge in [0.05, 0.1) is 5.69 Å². The Bertz CT molecular complexity index is 2360. The number of aromatic hydroxyl groups is 1. The van der Waals surface area contributed by atoms with Crippen molar-refractivity contribution in [3.63, 3.8) is 0 Å². The number of ether oxygens (including phenoxy) is 1. The molecule has 3 N–H and O–H groups in total. The van der Waals surface area contributed by atoms with Crippen LogP contribution in [0.25, 0.3) is 32.8 Å². The van der Waals surface area contributed by atoms with Gasteiger partial charge in [-0.1, -0.05) is 24.3 Å². The van der Waals surface area contributed by atoms with Crippen molar-refractivity contribution >= 4 is 79.3 Å². The average molecular weight is 678 g/mol. The molecule has 0 fully saturated rings. The van der Waals surface area contributed by atoms with Crippen LogP contribution in [0.4, 0.5) is 21.9 Å². The molecular formula is C37H32ClN5O6. The Hall–Kier alpha value is -5.55. The molecule has 49 heavy (non-hydrogen) atoms. The number of rotatable bonds is 4. The van der Waals surface area contributed by atoms with Crippen molar-refractivity contribution in [3.05, 3.63) is 89.4 Å². The van der Waals surface area contributed by atoms with Crippen LogP contribution in [0.2, 0.25) is 0 Å². The second-order valence-electron chi connectivity index (χ2n) is 13.4. The van der Waals surface area contributed by atoms with Gasteiger partial charge in [0.15, 0.2) is 5.58 Å². The first-order valence-electron chi connectivity index (χ1n) is 16.0. The molecule has 0 radical (unpaired) electrons. The second-order valence-corrected chi connectivity index (χ2v) is 13.7. The molecule has 2 aliphatic rings. The molecule has 2 aromatic heterocycles. The first-order chi connectivity index (χ1) is 23.5. The van der Waals surface area contributed by atoms with Crippen LogP contribution in [-0.2, 0) is 11.2 Å². The summed E-state index contributed by atoms with van der Waals surface area (Å²) in [5, 5.41) is 15.9. The maximum absolute atomic E-state index is 14.0. The zero-order chi connectivity index (χ0) is 34.2. The number of nitrogens with zero attached hydrogens (tertiary/aromatic N) is 3. The number of H-pyrrole nitrogens is 1. The predicted molar refractivity (Wildman–Crippen MR) is 188 cm³/mol. The standard InChI is InChI=1S/C37H32ClN5O6/c1-37(2,3)49-36(47)39-20-8-9-26-31(14-20)48-33(41-26)35(46)42-13-12-21-24-15-27(40-25(24)10-11-28(21)42)34(45)43-18-19(17-38)32-23-7-5-4-6-22(23)30(44)16-29(32)43/h4-11,14-16,19,40,44H,12-13,17-18H2,1-3H3,(H,39,47)/t19-/m0/s1. The van der Waals surface area contributed by atoms with Crippen molar-refractivity contribution in [1.82, 2.24) is 9.97 Å². The first-order valence-corrected chi connectivity index (χ1v) is 16.5. The Balaban J connectivity index is 1.06. The molecule has 0 spiro atoms. The summed E-state index contributed by atoms with van der Waals surface area (Å²) < 4.78 is 11.2. The highest BCUT2D eigenvalue weighted by Crippen LogP contribution is 2.46. The Morgan fingerprint density at radius 2 is 1.80 bits per heavy atom. The van der Waals surface area contributed by atoms with Crippen molar-refractivity contribution in [2.24, 2.45) is 0 Å². The molecule has 8 rings (SSSR count). The normalized spacial score (nSPS) is 15.6. The van der Waals surface area contributed by atoms with E-state index in [0.717, 1.165) is 38.5 Å². The van der Waals surface area contributed by atoms with Crippen molar-refractivity contribution in [1.29, 1.82) is 0 Å². The number of oxazole rings is 1. The molecule has 1 atom stereocenters. The van der Waals surface area contributed by atoms with Crippen LogP contribution >= 0.6 is 11.6 Å². The van der Waals surface area contributed by atoms with Gasteiger partial charge in [0.25, 0.3) is 11.8 Å². The van der Waals surface area contributed by atoms with Gasteiger partial charge in [-0.15, -0.1) is 11.6 Å². The number of nitrogens with one attached hydrogen (secondary N) is 2. The lowest BCUT2D eigenvalue weighted by Crippen LogP contribution is -2.30. The number of hydrogen-bond donors (Lipinski definition) is 3. The van der Waals surface area contributed by atoms with Gasteiger partial charge in [0.2, 0.25) is 0 Å². The van der Waals surface area contributed by atoms with Gasteiger partial charge in [-0.25, -0.2) is 9.78 Å². The van der Waals surface area contributed by atoms with Crippen molar-refractivity contribution in [2.75, 3.05) is 34.1 Å². The van der Waals surface area contributed by atoms with Crippen LogP contribution in [-0.4, -0.2) is 57.6 Å². The minimum atomic E-state index is -0.649. The highest BCUT2D eigenvalue weighted by atomic mass is 35.5. The second kappa shape index (κ2) is 11.3. The molecule has 4 aromatic carbocycles. The molecule has 0 saturated heterocycles. The molecule has 3 amide bonds. The minimum absolute atomic E-state index is 0.0698. The molecule has 0 bridgehead atoms. The van der Waals surface area contributed by atoms with E-state index in [9.17, 15) is 19.5 Å². The minimum Gasteiger partial charge on any atom is -0.507 e. The van der Waals surface area contributed by atoms with E-state index in [0.29, 0.717) is 53.6 Å². The lowest BCUT2D eigenvalue weighted by molar-refractivity contribution is 0.0635. The Morgan fingerprint density at radius 3 is 2.57 bits per heavy atom. The van der Waals surface area contributed by atoms with Crippen LogP contribution < -0.4 is 15.1 Å².